The summed E-state index contributed by atoms with van der Waals surface area (Å²) in [5.74, 6) is 3.02. The first-order valence-corrected chi connectivity index (χ1v) is 4.84. The van der Waals surface area contributed by atoms with Crippen LogP contribution in [-0.4, -0.2) is 31.5 Å². The highest BCUT2D eigenvalue weighted by molar-refractivity contribution is 7.91. The van der Waals surface area contributed by atoms with Crippen LogP contribution in [0.1, 0.15) is 6.92 Å². The highest BCUT2D eigenvalue weighted by atomic mass is 32.2. The van der Waals surface area contributed by atoms with Crippen molar-refractivity contribution >= 4 is 9.84 Å². The Hall–Kier alpha value is -0.690. The zero-order chi connectivity index (χ0) is 7.61. The summed E-state index contributed by atoms with van der Waals surface area (Å²) in [6, 6.07) is 2.70. The van der Waals surface area contributed by atoms with Gasteiger partial charge in [-0.1, -0.05) is 5.92 Å². The molecule has 4 heteroatoms. The minimum Gasteiger partial charge on any atom is -0.316 e. The van der Waals surface area contributed by atoms with Crippen molar-refractivity contribution in [3.63, 3.8) is 0 Å². The first-order valence-electron chi connectivity index (χ1n) is 3.02. The molecule has 0 radical (unpaired) electrons. The van der Waals surface area contributed by atoms with Crippen molar-refractivity contribution in [1.82, 2.24) is 4.90 Å². The van der Waals surface area contributed by atoms with Crippen LogP contribution >= 0.6 is 0 Å². The van der Waals surface area contributed by atoms with E-state index in [1.54, 1.807) is 11.8 Å². The van der Waals surface area contributed by atoms with E-state index in [2.05, 4.69) is 12.0 Å². The van der Waals surface area contributed by atoms with Crippen LogP contribution in [0.4, 0.5) is 0 Å². The van der Waals surface area contributed by atoms with Gasteiger partial charge in [-0.3, -0.25) is 0 Å². The Balaban J connectivity index is 2.66. The molecule has 1 fully saturated rings. The molecule has 1 saturated heterocycles. The Morgan fingerprint density at radius 2 is 2.20 bits per heavy atom. The van der Waals surface area contributed by atoms with Crippen molar-refractivity contribution in [3.8, 4) is 12.0 Å². The highest BCUT2D eigenvalue weighted by Gasteiger charge is 2.22. The molecule has 1 aliphatic heterocycles. The van der Waals surface area contributed by atoms with Crippen molar-refractivity contribution in [2.75, 3.05) is 18.2 Å². The van der Waals surface area contributed by atoms with Gasteiger partial charge in [0.2, 0.25) is 0 Å². The summed E-state index contributed by atoms with van der Waals surface area (Å²) in [7, 11) is -2.79. The largest absolute Gasteiger partial charge is 0.316 e. The van der Waals surface area contributed by atoms with E-state index in [0.717, 1.165) is 0 Å². The molecule has 0 aromatic heterocycles. The maximum Gasteiger partial charge on any atom is 0.170 e. The zero-order valence-electron chi connectivity index (χ0n) is 5.79. The van der Waals surface area contributed by atoms with Gasteiger partial charge >= 0.3 is 0 Å². The Kier molecular flexibility index (Phi) is 1.86. The van der Waals surface area contributed by atoms with E-state index in [4.69, 9.17) is 0 Å². The van der Waals surface area contributed by atoms with Crippen LogP contribution in [0.2, 0.25) is 0 Å². The van der Waals surface area contributed by atoms with E-state index in [1.807, 2.05) is 0 Å². The molecule has 0 aromatic rings. The van der Waals surface area contributed by atoms with Crippen LogP contribution in [0, 0.1) is 12.0 Å². The standard InChI is InChI=1S/C6H9NO2S/c1-2-3-7-4-5-10(8,9)6-7/h4-6H2,1H3. The van der Waals surface area contributed by atoms with Crippen molar-refractivity contribution in [1.29, 1.82) is 0 Å². The quantitative estimate of drug-likeness (QED) is 0.454. The SMILES string of the molecule is CC#CN1CCS(=O)(=O)C1. The predicted octanol–water partition coefficient (Wildman–Crippen LogP) is -0.345. The van der Waals surface area contributed by atoms with Crippen molar-refractivity contribution < 1.29 is 8.42 Å². The molecule has 0 aromatic carbocycles. The molecule has 56 valence electrons. The summed E-state index contributed by atoms with van der Waals surface area (Å²) in [4.78, 5) is 1.62. The van der Waals surface area contributed by atoms with Gasteiger partial charge in [-0.15, -0.1) is 0 Å². The molecule has 10 heavy (non-hydrogen) atoms. The van der Waals surface area contributed by atoms with Gasteiger partial charge in [0.15, 0.2) is 9.84 Å². The fourth-order valence-electron chi connectivity index (χ4n) is 0.862. The van der Waals surface area contributed by atoms with Crippen molar-refractivity contribution in [3.05, 3.63) is 0 Å². The van der Waals surface area contributed by atoms with Crippen LogP contribution in [0.5, 0.6) is 0 Å². The first-order chi connectivity index (χ1) is 4.64. The minimum absolute atomic E-state index is 0.105. The third kappa shape index (κ3) is 1.64. The number of rotatable bonds is 0. The summed E-state index contributed by atoms with van der Waals surface area (Å²) < 4.78 is 21.6. The fourth-order valence-corrected chi connectivity index (χ4v) is 2.16. The summed E-state index contributed by atoms with van der Waals surface area (Å²) in [5, 5.41) is 0. The van der Waals surface area contributed by atoms with E-state index in [0.29, 0.717) is 6.54 Å². The first kappa shape index (κ1) is 7.42. The molecule has 0 saturated carbocycles. The van der Waals surface area contributed by atoms with Gasteiger partial charge < -0.3 is 4.90 Å². The molecule has 0 atom stereocenters. The average Bonchev–Trinajstić information content (AvgIpc) is 2.12. The molecule has 1 rings (SSSR count). The molecule has 0 bridgehead atoms. The van der Waals surface area contributed by atoms with Gasteiger partial charge in [0.25, 0.3) is 0 Å². The Morgan fingerprint density at radius 3 is 2.60 bits per heavy atom. The predicted molar refractivity (Wildman–Crippen MR) is 38.8 cm³/mol. The van der Waals surface area contributed by atoms with Crippen LogP contribution in [0.3, 0.4) is 0 Å². The van der Waals surface area contributed by atoms with E-state index in [9.17, 15) is 8.42 Å². The van der Waals surface area contributed by atoms with Gasteiger partial charge in [0, 0.05) is 12.6 Å². The number of nitrogens with zero attached hydrogens (tertiary/aromatic N) is 1. The Bertz CT molecular complexity index is 270. The summed E-state index contributed by atoms with van der Waals surface area (Å²) in [5.41, 5.74) is 0. The molecule has 3 nitrogen and oxygen atoms in total. The molecule has 0 N–H and O–H groups in total. The smallest absolute Gasteiger partial charge is 0.170 e. The van der Waals surface area contributed by atoms with Gasteiger partial charge in [0.1, 0.15) is 5.88 Å². The average molecular weight is 159 g/mol. The molecule has 0 unspecified atom stereocenters. The second-order valence-electron chi connectivity index (χ2n) is 2.20. The molecule has 0 aliphatic carbocycles. The second-order valence-corrected chi connectivity index (χ2v) is 4.36. The maximum absolute atomic E-state index is 10.8. The van der Waals surface area contributed by atoms with Crippen LogP contribution < -0.4 is 0 Å². The summed E-state index contributed by atoms with van der Waals surface area (Å²) in [6.45, 7) is 2.26. The van der Waals surface area contributed by atoms with Gasteiger partial charge in [0.05, 0.1) is 5.75 Å². The van der Waals surface area contributed by atoms with Gasteiger partial charge in [-0.05, 0) is 6.92 Å². The third-order valence-electron chi connectivity index (χ3n) is 1.29. The second kappa shape index (κ2) is 2.51. The van der Waals surface area contributed by atoms with E-state index in [1.165, 1.54) is 0 Å². The number of sulfone groups is 1. The summed E-state index contributed by atoms with van der Waals surface area (Å²) in [6.07, 6.45) is 0. The van der Waals surface area contributed by atoms with Crippen LogP contribution in [0.15, 0.2) is 0 Å². The van der Waals surface area contributed by atoms with Crippen molar-refractivity contribution in [2.45, 2.75) is 6.92 Å². The lowest BCUT2D eigenvalue weighted by molar-refractivity contribution is 0.512. The molecule has 1 aliphatic rings. The van der Waals surface area contributed by atoms with Crippen molar-refractivity contribution in [2.24, 2.45) is 0 Å². The maximum atomic E-state index is 10.8. The minimum atomic E-state index is -2.79. The van der Waals surface area contributed by atoms with Gasteiger partial charge in [-0.25, -0.2) is 8.42 Å². The van der Waals surface area contributed by atoms with E-state index >= 15 is 0 Å². The molecular weight excluding hydrogens is 150 g/mol. The van der Waals surface area contributed by atoms with E-state index < -0.39 is 9.84 Å². The monoisotopic (exact) mass is 159 g/mol. The number of hydrogen-bond acceptors (Lipinski definition) is 3. The van der Waals surface area contributed by atoms with Gasteiger partial charge in [-0.2, -0.15) is 0 Å². The molecule has 0 spiro atoms. The normalized spacial score (nSPS) is 21.9. The lowest BCUT2D eigenvalue weighted by atomic mass is 10.6. The zero-order valence-corrected chi connectivity index (χ0v) is 6.61. The molecule has 0 amide bonds. The third-order valence-corrected chi connectivity index (χ3v) is 2.80. The Morgan fingerprint density at radius 1 is 1.50 bits per heavy atom. The Labute approximate surface area is 60.9 Å². The molecular formula is C6H9NO2S. The van der Waals surface area contributed by atoms with E-state index in [-0.39, 0.29) is 11.6 Å². The topological polar surface area (TPSA) is 37.4 Å². The van der Waals surface area contributed by atoms with Crippen LogP contribution in [-0.2, 0) is 9.84 Å². The lowest BCUT2D eigenvalue weighted by Gasteiger charge is -2.02. The lowest BCUT2D eigenvalue weighted by Crippen LogP contribution is -2.13. The number of hydrogen-bond donors (Lipinski definition) is 0. The molecule has 1 heterocycles. The van der Waals surface area contributed by atoms with Crippen LogP contribution in [0.25, 0.3) is 0 Å². The summed E-state index contributed by atoms with van der Waals surface area (Å²) >= 11 is 0. The highest BCUT2D eigenvalue weighted by Crippen LogP contribution is 2.04. The fraction of sp³-hybridized carbons (Fsp3) is 0.667.